The fourth-order valence-corrected chi connectivity index (χ4v) is 2.55. The van der Waals surface area contributed by atoms with Crippen LogP contribution in [0.25, 0.3) is 0 Å². The lowest BCUT2D eigenvalue weighted by Gasteiger charge is -2.16. The Kier molecular flexibility index (Phi) is 6.66. The van der Waals surface area contributed by atoms with Crippen LogP contribution < -0.4 is 10.1 Å². The second-order valence-corrected chi connectivity index (χ2v) is 6.63. The summed E-state index contributed by atoms with van der Waals surface area (Å²) in [5.41, 5.74) is 4.09. The van der Waals surface area contributed by atoms with Crippen molar-refractivity contribution >= 4 is 0 Å². The van der Waals surface area contributed by atoms with E-state index in [1.165, 1.54) is 16.7 Å². The van der Waals surface area contributed by atoms with Crippen LogP contribution in [0.2, 0.25) is 0 Å². The third kappa shape index (κ3) is 5.72. The first kappa shape index (κ1) is 17.6. The Morgan fingerprint density at radius 3 is 2.30 bits per heavy atom. The highest BCUT2D eigenvalue weighted by molar-refractivity contribution is 5.29. The lowest BCUT2D eigenvalue weighted by Crippen LogP contribution is -2.21. The zero-order valence-corrected chi connectivity index (χ0v) is 14.8. The number of rotatable bonds is 8. The maximum absolute atomic E-state index is 5.73. The molecule has 2 aromatic rings. The largest absolute Gasteiger partial charge is 0.493 e. The predicted octanol–water partition coefficient (Wildman–Crippen LogP) is 4.92. The van der Waals surface area contributed by atoms with Gasteiger partial charge in [-0.3, -0.25) is 0 Å². The monoisotopic (exact) mass is 311 g/mol. The van der Waals surface area contributed by atoms with Crippen molar-refractivity contribution in [3.63, 3.8) is 0 Å². The minimum atomic E-state index is 0.346. The van der Waals surface area contributed by atoms with E-state index >= 15 is 0 Å². The summed E-state index contributed by atoms with van der Waals surface area (Å²) in [4.78, 5) is 0. The van der Waals surface area contributed by atoms with Crippen LogP contribution in [0.15, 0.2) is 48.5 Å². The fourth-order valence-electron chi connectivity index (χ4n) is 2.55. The molecule has 0 spiro atoms. The molecule has 124 valence electrons. The lowest BCUT2D eigenvalue weighted by molar-refractivity contribution is 0.271. The van der Waals surface area contributed by atoms with Gasteiger partial charge in [-0.25, -0.2) is 0 Å². The van der Waals surface area contributed by atoms with Gasteiger partial charge in [-0.05, 0) is 61.6 Å². The van der Waals surface area contributed by atoms with Crippen molar-refractivity contribution in [2.45, 2.75) is 40.2 Å². The van der Waals surface area contributed by atoms with E-state index in [1.807, 2.05) is 0 Å². The molecule has 1 N–H and O–H groups in total. The van der Waals surface area contributed by atoms with Crippen molar-refractivity contribution in [1.82, 2.24) is 5.32 Å². The lowest BCUT2D eigenvalue weighted by atomic mass is 10.0. The first-order valence-corrected chi connectivity index (χ1v) is 8.57. The number of nitrogens with one attached hydrogen (secondary N) is 1. The van der Waals surface area contributed by atoms with E-state index < -0.39 is 0 Å². The zero-order valence-electron chi connectivity index (χ0n) is 14.8. The maximum atomic E-state index is 5.73. The van der Waals surface area contributed by atoms with Crippen LogP contribution in [0, 0.1) is 12.8 Å². The van der Waals surface area contributed by atoms with Crippen LogP contribution >= 0.6 is 0 Å². The average molecular weight is 311 g/mol. The quantitative estimate of drug-likeness (QED) is 0.747. The fraction of sp³-hybridized carbons (Fsp3) is 0.429. The minimum absolute atomic E-state index is 0.346. The molecule has 0 heterocycles. The van der Waals surface area contributed by atoms with E-state index in [2.05, 4.69) is 81.5 Å². The highest BCUT2D eigenvalue weighted by Crippen LogP contribution is 2.18. The highest BCUT2D eigenvalue weighted by atomic mass is 16.5. The van der Waals surface area contributed by atoms with Gasteiger partial charge in [-0.15, -0.1) is 0 Å². The number of ether oxygens (including phenoxy) is 1. The van der Waals surface area contributed by atoms with Crippen molar-refractivity contribution in [3.05, 3.63) is 65.2 Å². The van der Waals surface area contributed by atoms with Gasteiger partial charge >= 0.3 is 0 Å². The van der Waals surface area contributed by atoms with Gasteiger partial charge in [0, 0.05) is 6.04 Å². The van der Waals surface area contributed by atoms with Crippen molar-refractivity contribution < 1.29 is 4.74 Å². The first-order valence-electron chi connectivity index (χ1n) is 8.57. The Labute approximate surface area is 140 Å². The molecule has 0 amide bonds. The summed E-state index contributed by atoms with van der Waals surface area (Å²) in [6.07, 6.45) is 1.06. The van der Waals surface area contributed by atoms with E-state index in [-0.39, 0.29) is 0 Å². The third-order valence-electron chi connectivity index (χ3n) is 4.07. The molecule has 0 bridgehead atoms. The van der Waals surface area contributed by atoms with Gasteiger partial charge in [0.2, 0.25) is 0 Å². The first-order chi connectivity index (χ1) is 11.1. The Bertz CT molecular complexity index is 589. The predicted molar refractivity (Wildman–Crippen MR) is 98.1 cm³/mol. The van der Waals surface area contributed by atoms with Crippen molar-refractivity contribution in [3.8, 4) is 5.75 Å². The summed E-state index contributed by atoms with van der Waals surface area (Å²) in [6.45, 7) is 10.5. The standard InChI is InChI=1S/C21H29NO/c1-16(2)15-23-21-11-9-20(10-12-21)18(4)22-14-13-19-8-6-5-7-17(19)3/h5-12,16,18,22H,13-15H2,1-4H3. The zero-order chi connectivity index (χ0) is 16.7. The molecule has 0 fully saturated rings. The Morgan fingerprint density at radius 2 is 1.65 bits per heavy atom. The Balaban J connectivity index is 1.81. The molecule has 0 radical (unpaired) electrons. The van der Waals surface area contributed by atoms with Crippen LogP contribution in [0.3, 0.4) is 0 Å². The van der Waals surface area contributed by atoms with Crippen molar-refractivity contribution in [2.75, 3.05) is 13.2 Å². The molecule has 0 aliphatic heterocycles. The second-order valence-electron chi connectivity index (χ2n) is 6.63. The van der Waals surface area contributed by atoms with Crippen molar-refractivity contribution in [1.29, 1.82) is 0 Å². The highest BCUT2D eigenvalue weighted by Gasteiger charge is 2.06. The summed E-state index contributed by atoms with van der Waals surface area (Å²) < 4.78 is 5.73. The molecule has 2 rings (SSSR count). The molecule has 0 saturated carbocycles. The van der Waals surface area contributed by atoms with Crippen LogP contribution in [0.4, 0.5) is 0 Å². The van der Waals surface area contributed by atoms with E-state index in [1.54, 1.807) is 0 Å². The SMILES string of the molecule is Cc1ccccc1CCNC(C)c1ccc(OCC(C)C)cc1. The summed E-state index contributed by atoms with van der Waals surface area (Å²) in [7, 11) is 0. The van der Waals surface area contributed by atoms with Gasteiger partial charge in [0.25, 0.3) is 0 Å². The Morgan fingerprint density at radius 1 is 0.957 bits per heavy atom. The van der Waals surface area contributed by atoms with Gasteiger partial charge in [0.05, 0.1) is 6.61 Å². The van der Waals surface area contributed by atoms with E-state index in [4.69, 9.17) is 4.74 Å². The molecule has 0 aliphatic rings. The number of aryl methyl sites for hydroxylation is 1. The van der Waals surface area contributed by atoms with E-state index in [0.29, 0.717) is 12.0 Å². The van der Waals surface area contributed by atoms with Crippen molar-refractivity contribution in [2.24, 2.45) is 5.92 Å². The van der Waals surface area contributed by atoms with Crippen LogP contribution in [-0.2, 0) is 6.42 Å². The van der Waals surface area contributed by atoms with E-state index in [9.17, 15) is 0 Å². The molecule has 2 nitrogen and oxygen atoms in total. The number of hydrogen-bond acceptors (Lipinski definition) is 2. The average Bonchev–Trinajstić information content (AvgIpc) is 2.55. The molecule has 2 aromatic carbocycles. The smallest absolute Gasteiger partial charge is 0.119 e. The Hall–Kier alpha value is -1.80. The topological polar surface area (TPSA) is 21.3 Å². The second kappa shape index (κ2) is 8.73. The molecule has 1 unspecified atom stereocenters. The summed E-state index contributed by atoms with van der Waals surface area (Å²) in [5.74, 6) is 1.51. The van der Waals surface area contributed by atoms with E-state index in [0.717, 1.165) is 25.3 Å². The number of benzene rings is 2. The molecule has 23 heavy (non-hydrogen) atoms. The molecule has 0 aromatic heterocycles. The normalized spacial score (nSPS) is 12.4. The van der Waals surface area contributed by atoms with Gasteiger partial charge in [-0.1, -0.05) is 50.2 Å². The minimum Gasteiger partial charge on any atom is -0.493 e. The van der Waals surface area contributed by atoms with Crippen LogP contribution in [0.1, 0.15) is 43.5 Å². The van der Waals surface area contributed by atoms with Crippen LogP contribution in [0.5, 0.6) is 5.75 Å². The van der Waals surface area contributed by atoms with Gasteiger partial charge in [0.1, 0.15) is 5.75 Å². The number of hydrogen-bond donors (Lipinski definition) is 1. The molecular weight excluding hydrogens is 282 g/mol. The van der Waals surface area contributed by atoms with Crippen LogP contribution in [-0.4, -0.2) is 13.2 Å². The molecule has 2 heteroatoms. The van der Waals surface area contributed by atoms with Gasteiger partial charge in [-0.2, -0.15) is 0 Å². The summed E-state index contributed by atoms with van der Waals surface area (Å²) in [5, 5.41) is 3.60. The third-order valence-corrected chi connectivity index (χ3v) is 4.07. The summed E-state index contributed by atoms with van der Waals surface area (Å²) >= 11 is 0. The molecule has 0 aliphatic carbocycles. The molecular formula is C21H29NO. The molecule has 0 saturated heterocycles. The maximum Gasteiger partial charge on any atom is 0.119 e. The summed E-state index contributed by atoms with van der Waals surface area (Å²) in [6, 6.07) is 17.4. The van der Waals surface area contributed by atoms with Gasteiger partial charge < -0.3 is 10.1 Å². The molecule has 1 atom stereocenters. The van der Waals surface area contributed by atoms with Gasteiger partial charge in [0.15, 0.2) is 0 Å².